The van der Waals surface area contributed by atoms with Crippen LogP contribution in [0.25, 0.3) is 0 Å². The maximum Gasteiger partial charge on any atom is 0.254 e. The fourth-order valence-electron chi connectivity index (χ4n) is 2.99. The first-order valence-electron chi connectivity index (χ1n) is 7.85. The van der Waals surface area contributed by atoms with E-state index in [4.69, 9.17) is 4.74 Å². The highest BCUT2D eigenvalue weighted by molar-refractivity contribution is 6.04. The summed E-state index contributed by atoms with van der Waals surface area (Å²) in [6.45, 7) is 0.531. The molecule has 1 amide bonds. The Hall–Kier alpha value is -2.69. The van der Waals surface area contributed by atoms with Gasteiger partial charge in [0.25, 0.3) is 5.91 Å². The SMILES string of the molecule is COc1ccc(C(=O)C2CCCN2C(=O)c2ccc(F)cc2)cc1. The number of methoxy groups -OCH3 is 1. The molecule has 0 bridgehead atoms. The smallest absolute Gasteiger partial charge is 0.254 e. The zero-order chi connectivity index (χ0) is 17.1. The molecule has 1 aliphatic rings. The Morgan fingerprint density at radius 1 is 1.04 bits per heavy atom. The van der Waals surface area contributed by atoms with Crippen LogP contribution < -0.4 is 4.74 Å². The zero-order valence-electron chi connectivity index (χ0n) is 13.4. The first-order chi connectivity index (χ1) is 11.6. The number of ether oxygens (including phenoxy) is 1. The fourth-order valence-corrected chi connectivity index (χ4v) is 2.99. The first-order valence-corrected chi connectivity index (χ1v) is 7.85. The molecule has 1 unspecified atom stereocenters. The van der Waals surface area contributed by atoms with Crippen LogP contribution in [0.3, 0.4) is 0 Å². The Morgan fingerprint density at radius 2 is 1.67 bits per heavy atom. The van der Waals surface area contributed by atoms with Gasteiger partial charge in [-0.25, -0.2) is 4.39 Å². The number of carbonyl (C=O) groups excluding carboxylic acids is 2. The van der Waals surface area contributed by atoms with E-state index in [1.165, 1.54) is 24.3 Å². The number of nitrogens with zero attached hydrogens (tertiary/aromatic N) is 1. The molecule has 0 spiro atoms. The monoisotopic (exact) mass is 327 g/mol. The van der Waals surface area contributed by atoms with E-state index in [9.17, 15) is 14.0 Å². The van der Waals surface area contributed by atoms with Crippen molar-refractivity contribution in [1.82, 2.24) is 4.90 Å². The van der Waals surface area contributed by atoms with Crippen molar-refractivity contribution in [3.8, 4) is 5.75 Å². The van der Waals surface area contributed by atoms with E-state index in [-0.39, 0.29) is 17.5 Å². The quantitative estimate of drug-likeness (QED) is 0.809. The second-order valence-corrected chi connectivity index (χ2v) is 5.76. The van der Waals surface area contributed by atoms with Gasteiger partial charge in [-0.1, -0.05) is 0 Å². The molecule has 0 aliphatic carbocycles. The van der Waals surface area contributed by atoms with Crippen LogP contribution in [0.2, 0.25) is 0 Å². The number of likely N-dealkylation sites (tertiary alicyclic amines) is 1. The zero-order valence-corrected chi connectivity index (χ0v) is 13.4. The summed E-state index contributed by atoms with van der Waals surface area (Å²) in [5.41, 5.74) is 0.949. The summed E-state index contributed by atoms with van der Waals surface area (Å²) in [6.07, 6.45) is 1.41. The van der Waals surface area contributed by atoms with Crippen molar-refractivity contribution in [2.24, 2.45) is 0 Å². The minimum absolute atomic E-state index is 0.0781. The molecular weight excluding hydrogens is 309 g/mol. The van der Waals surface area contributed by atoms with Gasteiger partial charge in [0, 0.05) is 17.7 Å². The second-order valence-electron chi connectivity index (χ2n) is 5.76. The molecule has 0 radical (unpaired) electrons. The lowest BCUT2D eigenvalue weighted by Gasteiger charge is -2.24. The van der Waals surface area contributed by atoms with Crippen LogP contribution in [0.1, 0.15) is 33.6 Å². The van der Waals surface area contributed by atoms with Gasteiger partial charge in [-0.15, -0.1) is 0 Å². The Morgan fingerprint density at radius 3 is 2.29 bits per heavy atom. The van der Waals surface area contributed by atoms with E-state index >= 15 is 0 Å². The maximum absolute atomic E-state index is 13.0. The molecule has 5 heteroatoms. The third-order valence-electron chi connectivity index (χ3n) is 4.28. The number of halogens is 1. The molecule has 1 aliphatic heterocycles. The molecule has 4 nitrogen and oxygen atoms in total. The highest BCUT2D eigenvalue weighted by atomic mass is 19.1. The lowest BCUT2D eigenvalue weighted by atomic mass is 10.0. The Balaban J connectivity index is 1.80. The molecule has 1 heterocycles. The van der Waals surface area contributed by atoms with Gasteiger partial charge < -0.3 is 9.64 Å². The Labute approximate surface area is 139 Å². The number of hydrogen-bond donors (Lipinski definition) is 0. The Kier molecular flexibility index (Phi) is 4.60. The third-order valence-corrected chi connectivity index (χ3v) is 4.28. The summed E-state index contributed by atoms with van der Waals surface area (Å²) in [5, 5.41) is 0. The van der Waals surface area contributed by atoms with E-state index in [1.54, 1.807) is 36.3 Å². The number of hydrogen-bond acceptors (Lipinski definition) is 3. The number of ketones is 1. The predicted molar refractivity (Wildman–Crippen MR) is 87.8 cm³/mol. The van der Waals surface area contributed by atoms with Crippen LogP contribution in [0.5, 0.6) is 5.75 Å². The van der Waals surface area contributed by atoms with Crippen molar-refractivity contribution in [3.05, 3.63) is 65.5 Å². The van der Waals surface area contributed by atoms with Crippen molar-refractivity contribution >= 4 is 11.7 Å². The van der Waals surface area contributed by atoms with Gasteiger partial charge in [-0.3, -0.25) is 9.59 Å². The predicted octanol–water partition coefficient (Wildman–Crippen LogP) is 3.32. The summed E-state index contributed by atoms with van der Waals surface area (Å²) in [6, 6.07) is 11.8. The van der Waals surface area contributed by atoms with Crippen molar-refractivity contribution in [1.29, 1.82) is 0 Å². The molecule has 0 aromatic heterocycles. The van der Waals surface area contributed by atoms with Crippen molar-refractivity contribution in [2.75, 3.05) is 13.7 Å². The minimum atomic E-state index is -0.476. The molecule has 2 aromatic rings. The number of amides is 1. The van der Waals surface area contributed by atoms with E-state index in [0.29, 0.717) is 29.8 Å². The summed E-state index contributed by atoms with van der Waals surface area (Å²) in [5.74, 6) is -0.0268. The summed E-state index contributed by atoms with van der Waals surface area (Å²) < 4.78 is 18.1. The molecule has 0 N–H and O–H groups in total. The highest BCUT2D eigenvalue weighted by Crippen LogP contribution is 2.24. The lowest BCUT2D eigenvalue weighted by molar-refractivity contribution is 0.0671. The van der Waals surface area contributed by atoms with Gasteiger partial charge >= 0.3 is 0 Å². The molecule has 24 heavy (non-hydrogen) atoms. The standard InChI is InChI=1S/C19H18FNO3/c1-24-16-10-6-13(7-11-16)18(22)17-3-2-12-21(17)19(23)14-4-8-15(20)9-5-14/h4-11,17H,2-3,12H2,1H3. The first kappa shape index (κ1) is 16.2. The summed E-state index contributed by atoms with van der Waals surface area (Å²) >= 11 is 0. The maximum atomic E-state index is 13.0. The van der Waals surface area contributed by atoms with Gasteiger partial charge in [-0.2, -0.15) is 0 Å². The van der Waals surface area contributed by atoms with E-state index < -0.39 is 6.04 Å². The second kappa shape index (κ2) is 6.83. The van der Waals surface area contributed by atoms with Gasteiger partial charge in [0.05, 0.1) is 13.2 Å². The van der Waals surface area contributed by atoms with Gasteiger partial charge in [0.1, 0.15) is 11.6 Å². The average Bonchev–Trinajstić information content (AvgIpc) is 3.11. The van der Waals surface area contributed by atoms with Crippen LogP contribution in [0.15, 0.2) is 48.5 Å². The third kappa shape index (κ3) is 3.15. The molecule has 1 saturated heterocycles. The normalized spacial score (nSPS) is 16.9. The molecule has 2 aromatic carbocycles. The highest BCUT2D eigenvalue weighted by Gasteiger charge is 2.34. The van der Waals surface area contributed by atoms with Crippen LogP contribution in [-0.4, -0.2) is 36.3 Å². The minimum Gasteiger partial charge on any atom is -0.497 e. The number of rotatable bonds is 4. The van der Waals surface area contributed by atoms with Crippen molar-refractivity contribution in [3.63, 3.8) is 0 Å². The summed E-state index contributed by atoms with van der Waals surface area (Å²) in [4.78, 5) is 27.0. The molecule has 0 saturated carbocycles. The number of Topliss-reactive ketones (excluding diaryl/α,β-unsaturated/α-hetero) is 1. The van der Waals surface area contributed by atoms with Gasteiger partial charge in [0.2, 0.25) is 0 Å². The van der Waals surface area contributed by atoms with Crippen LogP contribution in [-0.2, 0) is 0 Å². The average molecular weight is 327 g/mol. The van der Waals surface area contributed by atoms with Crippen molar-refractivity contribution < 1.29 is 18.7 Å². The topological polar surface area (TPSA) is 46.6 Å². The van der Waals surface area contributed by atoms with Gasteiger partial charge in [0.15, 0.2) is 5.78 Å². The largest absolute Gasteiger partial charge is 0.497 e. The summed E-state index contributed by atoms with van der Waals surface area (Å²) in [7, 11) is 1.57. The van der Waals surface area contributed by atoms with E-state index in [0.717, 1.165) is 6.42 Å². The van der Waals surface area contributed by atoms with Crippen LogP contribution >= 0.6 is 0 Å². The number of carbonyl (C=O) groups is 2. The number of benzene rings is 2. The molecule has 1 fully saturated rings. The van der Waals surface area contributed by atoms with Crippen molar-refractivity contribution in [2.45, 2.75) is 18.9 Å². The molecular formula is C19H18FNO3. The molecule has 3 rings (SSSR count). The Bertz CT molecular complexity index is 740. The van der Waals surface area contributed by atoms with Gasteiger partial charge in [-0.05, 0) is 61.4 Å². The molecule has 1 atom stereocenters. The van der Waals surface area contributed by atoms with Crippen LogP contribution in [0.4, 0.5) is 4.39 Å². The molecule has 124 valence electrons. The fraction of sp³-hybridized carbons (Fsp3) is 0.263. The van der Waals surface area contributed by atoms with E-state index in [2.05, 4.69) is 0 Å². The van der Waals surface area contributed by atoms with E-state index in [1.807, 2.05) is 0 Å². The van der Waals surface area contributed by atoms with Crippen LogP contribution in [0, 0.1) is 5.82 Å². The lowest BCUT2D eigenvalue weighted by Crippen LogP contribution is -2.40.